The molecular weight excluding hydrogens is 294 g/mol. The van der Waals surface area contributed by atoms with Crippen LogP contribution >= 0.6 is 11.8 Å². The summed E-state index contributed by atoms with van der Waals surface area (Å²) in [5.74, 6) is -0.131. The zero-order chi connectivity index (χ0) is 15.0. The maximum absolute atomic E-state index is 12.1. The van der Waals surface area contributed by atoms with Crippen molar-refractivity contribution >= 4 is 28.8 Å². The van der Waals surface area contributed by atoms with Crippen LogP contribution in [0.2, 0.25) is 0 Å². The van der Waals surface area contributed by atoms with Crippen LogP contribution in [0.5, 0.6) is 0 Å². The summed E-state index contributed by atoms with van der Waals surface area (Å²) in [5.41, 5.74) is 0.322. The molecule has 114 valence electrons. The Morgan fingerprint density at radius 2 is 2.10 bits per heavy atom. The first-order chi connectivity index (χ1) is 10.1. The molecule has 0 N–H and O–H groups in total. The van der Waals surface area contributed by atoms with Gasteiger partial charge in [0.05, 0.1) is 6.10 Å². The summed E-state index contributed by atoms with van der Waals surface area (Å²) in [6.45, 7) is 4.19. The van der Waals surface area contributed by atoms with Crippen molar-refractivity contribution < 1.29 is 18.7 Å². The SMILES string of the molecule is COC1CN(C(=O)c2coc(N3CC(SC(C)=O)C3)n2)C1. The van der Waals surface area contributed by atoms with Crippen molar-refractivity contribution in [1.82, 2.24) is 9.88 Å². The molecule has 0 radical (unpaired) electrons. The highest BCUT2D eigenvalue weighted by Crippen LogP contribution is 2.28. The molecule has 7 nitrogen and oxygen atoms in total. The second-order valence-electron chi connectivity index (χ2n) is 5.22. The summed E-state index contributed by atoms with van der Waals surface area (Å²) in [6.07, 6.45) is 1.52. The lowest BCUT2D eigenvalue weighted by Crippen LogP contribution is -2.54. The van der Waals surface area contributed by atoms with E-state index in [9.17, 15) is 9.59 Å². The number of rotatable bonds is 4. The Morgan fingerprint density at radius 3 is 2.71 bits per heavy atom. The number of hydrogen-bond donors (Lipinski definition) is 0. The van der Waals surface area contributed by atoms with Crippen molar-refractivity contribution in [2.24, 2.45) is 0 Å². The number of carbonyl (C=O) groups excluding carboxylic acids is 2. The Balaban J connectivity index is 1.53. The van der Waals surface area contributed by atoms with Gasteiger partial charge in [0.2, 0.25) is 0 Å². The molecule has 2 saturated heterocycles. The van der Waals surface area contributed by atoms with Gasteiger partial charge in [0.15, 0.2) is 10.8 Å². The lowest BCUT2D eigenvalue weighted by molar-refractivity contribution is -0.109. The highest BCUT2D eigenvalue weighted by atomic mass is 32.2. The Hall–Kier alpha value is -1.54. The second-order valence-corrected chi connectivity index (χ2v) is 6.70. The minimum atomic E-state index is -0.131. The topological polar surface area (TPSA) is 75.9 Å². The normalized spacial score (nSPS) is 19.3. The zero-order valence-corrected chi connectivity index (χ0v) is 12.8. The van der Waals surface area contributed by atoms with Gasteiger partial charge in [-0.1, -0.05) is 11.8 Å². The third-order valence-electron chi connectivity index (χ3n) is 3.63. The van der Waals surface area contributed by atoms with Crippen molar-refractivity contribution in [3.63, 3.8) is 0 Å². The van der Waals surface area contributed by atoms with Crippen LogP contribution in [0.15, 0.2) is 10.7 Å². The molecule has 2 fully saturated rings. The maximum Gasteiger partial charge on any atom is 0.298 e. The van der Waals surface area contributed by atoms with Crippen LogP contribution in [0.4, 0.5) is 6.01 Å². The fourth-order valence-corrected chi connectivity index (χ4v) is 3.30. The van der Waals surface area contributed by atoms with Crippen LogP contribution in [0.25, 0.3) is 0 Å². The Bertz CT molecular complexity index is 549. The van der Waals surface area contributed by atoms with Gasteiger partial charge in [-0.15, -0.1) is 0 Å². The van der Waals surface area contributed by atoms with Crippen LogP contribution in [0, 0.1) is 0 Å². The number of amides is 1. The third-order valence-corrected chi connectivity index (χ3v) is 4.59. The number of oxazole rings is 1. The molecule has 0 aromatic carbocycles. The second kappa shape index (κ2) is 5.69. The number of methoxy groups -OCH3 is 1. The largest absolute Gasteiger partial charge is 0.431 e. The smallest absolute Gasteiger partial charge is 0.298 e. The molecule has 0 aliphatic carbocycles. The molecule has 21 heavy (non-hydrogen) atoms. The molecule has 0 saturated carbocycles. The lowest BCUT2D eigenvalue weighted by Gasteiger charge is -2.37. The summed E-state index contributed by atoms with van der Waals surface area (Å²) < 4.78 is 10.5. The average molecular weight is 311 g/mol. The maximum atomic E-state index is 12.1. The first kappa shape index (κ1) is 14.4. The molecule has 0 unspecified atom stereocenters. The van der Waals surface area contributed by atoms with Gasteiger partial charge in [-0.25, -0.2) is 0 Å². The van der Waals surface area contributed by atoms with E-state index in [1.807, 2.05) is 4.90 Å². The summed E-state index contributed by atoms with van der Waals surface area (Å²) in [7, 11) is 1.64. The fraction of sp³-hybridized carbons (Fsp3) is 0.615. The molecule has 3 rings (SSSR count). The van der Waals surface area contributed by atoms with E-state index in [0.717, 1.165) is 0 Å². The van der Waals surface area contributed by atoms with Gasteiger partial charge in [-0.3, -0.25) is 9.59 Å². The number of ether oxygens (including phenoxy) is 1. The molecule has 3 heterocycles. The summed E-state index contributed by atoms with van der Waals surface area (Å²) in [6, 6.07) is 0.447. The Morgan fingerprint density at radius 1 is 1.38 bits per heavy atom. The predicted octanol–water partition coefficient (Wildman–Crippen LogP) is 0.614. The highest BCUT2D eigenvalue weighted by Gasteiger charge is 2.35. The molecule has 0 atom stereocenters. The van der Waals surface area contributed by atoms with E-state index in [4.69, 9.17) is 9.15 Å². The van der Waals surface area contributed by atoms with E-state index in [1.165, 1.54) is 18.0 Å². The van der Waals surface area contributed by atoms with Crippen molar-refractivity contribution in [3.05, 3.63) is 12.0 Å². The molecular formula is C13H17N3O4S. The van der Waals surface area contributed by atoms with E-state index >= 15 is 0 Å². The summed E-state index contributed by atoms with van der Waals surface area (Å²) in [4.78, 5) is 31.0. The number of likely N-dealkylation sites (tertiary alicyclic amines) is 1. The monoisotopic (exact) mass is 311 g/mol. The fourth-order valence-electron chi connectivity index (χ4n) is 2.33. The van der Waals surface area contributed by atoms with Crippen LogP contribution < -0.4 is 4.90 Å². The molecule has 0 spiro atoms. The van der Waals surface area contributed by atoms with Gasteiger partial charge in [0, 0.05) is 45.5 Å². The van der Waals surface area contributed by atoms with Crippen LogP contribution in [-0.2, 0) is 9.53 Å². The van der Waals surface area contributed by atoms with Crippen molar-refractivity contribution in [2.75, 3.05) is 38.2 Å². The van der Waals surface area contributed by atoms with Gasteiger partial charge >= 0.3 is 0 Å². The lowest BCUT2D eigenvalue weighted by atomic mass is 10.1. The third kappa shape index (κ3) is 2.91. The Labute approximate surface area is 126 Å². The number of hydrogen-bond acceptors (Lipinski definition) is 7. The number of nitrogens with zero attached hydrogens (tertiary/aromatic N) is 3. The highest BCUT2D eigenvalue weighted by molar-refractivity contribution is 8.14. The zero-order valence-electron chi connectivity index (χ0n) is 11.9. The molecule has 2 aliphatic heterocycles. The summed E-state index contributed by atoms with van der Waals surface area (Å²) >= 11 is 1.33. The van der Waals surface area contributed by atoms with Crippen molar-refractivity contribution in [1.29, 1.82) is 0 Å². The molecule has 1 aromatic rings. The minimum absolute atomic E-state index is 0.119. The standard InChI is InChI=1S/C13H17N3O4S/c1-8(17)21-10-5-16(6-10)13-14-11(7-20-13)12(18)15-3-9(4-15)19-2/h7,9-10H,3-6H2,1-2H3. The minimum Gasteiger partial charge on any atom is -0.431 e. The number of anilines is 1. The van der Waals surface area contributed by atoms with E-state index in [0.29, 0.717) is 37.9 Å². The number of carbonyl (C=O) groups is 2. The molecule has 2 aliphatic rings. The average Bonchev–Trinajstić information content (AvgIpc) is 2.80. The van der Waals surface area contributed by atoms with Crippen LogP contribution in [0.3, 0.4) is 0 Å². The van der Waals surface area contributed by atoms with Gasteiger partial charge < -0.3 is 19.0 Å². The van der Waals surface area contributed by atoms with Gasteiger partial charge in [0.25, 0.3) is 11.9 Å². The molecule has 1 amide bonds. The summed E-state index contributed by atoms with van der Waals surface area (Å²) in [5, 5.41) is 0.403. The molecule has 1 aromatic heterocycles. The number of thioether (sulfide) groups is 1. The molecule has 0 bridgehead atoms. The van der Waals surface area contributed by atoms with Crippen molar-refractivity contribution in [2.45, 2.75) is 18.3 Å². The quantitative estimate of drug-likeness (QED) is 0.806. The van der Waals surface area contributed by atoms with E-state index in [2.05, 4.69) is 4.98 Å². The first-order valence-electron chi connectivity index (χ1n) is 6.76. The van der Waals surface area contributed by atoms with Crippen LogP contribution in [-0.4, -0.2) is 65.5 Å². The van der Waals surface area contributed by atoms with E-state index in [1.54, 1.807) is 18.9 Å². The molecule has 8 heteroatoms. The predicted molar refractivity (Wildman–Crippen MR) is 77.5 cm³/mol. The first-order valence-corrected chi connectivity index (χ1v) is 7.64. The Kier molecular flexibility index (Phi) is 3.90. The number of aromatic nitrogens is 1. The van der Waals surface area contributed by atoms with Crippen LogP contribution in [0.1, 0.15) is 17.4 Å². The van der Waals surface area contributed by atoms with Crippen molar-refractivity contribution in [3.8, 4) is 0 Å². The van der Waals surface area contributed by atoms with Gasteiger partial charge in [-0.05, 0) is 0 Å². The van der Waals surface area contributed by atoms with E-state index < -0.39 is 0 Å². The van der Waals surface area contributed by atoms with Gasteiger partial charge in [-0.2, -0.15) is 4.98 Å². The van der Waals surface area contributed by atoms with E-state index in [-0.39, 0.29) is 22.4 Å². The van der Waals surface area contributed by atoms with Gasteiger partial charge in [0.1, 0.15) is 6.26 Å².